The van der Waals surface area contributed by atoms with Crippen molar-refractivity contribution in [1.29, 1.82) is 0 Å². The summed E-state index contributed by atoms with van der Waals surface area (Å²) in [5.74, 6) is 0.294. The summed E-state index contributed by atoms with van der Waals surface area (Å²) < 4.78 is 11.5. The molecule has 0 aliphatic rings. The third-order valence-corrected chi connectivity index (χ3v) is 3.46. The van der Waals surface area contributed by atoms with Crippen LogP contribution in [-0.4, -0.2) is 18.0 Å². The SMILES string of the molecule is CC(C)(C)OCc1cccc(COCCCC(=O)C(C)(C)C)c1. The molecule has 1 aromatic carbocycles. The van der Waals surface area contributed by atoms with Crippen LogP contribution in [-0.2, 0) is 27.5 Å². The molecule has 0 N–H and O–H groups in total. The third kappa shape index (κ3) is 8.87. The Labute approximate surface area is 141 Å². The molecule has 0 amide bonds. The minimum absolute atomic E-state index is 0.133. The standard InChI is InChI=1S/C20H32O3/c1-19(2,3)18(21)11-8-12-22-14-16-9-7-10-17(13-16)15-23-20(4,5)6/h7,9-10,13H,8,11-12,14-15H2,1-6H3. The van der Waals surface area contributed by atoms with Crippen molar-refractivity contribution in [3.8, 4) is 0 Å². The monoisotopic (exact) mass is 320 g/mol. The molecule has 1 rings (SSSR count). The molecule has 0 saturated carbocycles. The van der Waals surface area contributed by atoms with E-state index in [-0.39, 0.29) is 11.0 Å². The van der Waals surface area contributed by atoms with Gasteiger partial charge < -0.3 is 9.47 Å². The molecule has 0 aliphatic carbocycles. The van der Waals surface area contributed by atoms with Crippen LogP contribution in [0.5, 0.6) is 0 Å². The van der Waals surface area contributed by atoms with Crippen molar-refractivity contribution in [1.82, 2.24) is 0 Å². The Kier molecular flexibility index (Phi) is 7.43. The molecule has 0 spiro atoms. The molecule has 0 aliphatic heterocycles. The maximum absolute atomic E-state index is 11.8. The zero-order valence-electron chi connectivity index (χ0n) is 15.6. The van der Waals surface area contributed by atoms with Gasteiger partial charge >= 0.3 is 0 Å². The first-order valence-corrected chi connectivity index (χ1v) is 8.41. The van der Waals surface area contributed by atoms with Gasteiger partial charge in [0.05, 0.1) is 18.8 Å². The van der Waals surface area contributed by atoms with Crippen molar-refractivity contribution in [2.75, 3.05) is 6.61 Å². The molecule has 0 aromatic heterocycles. The van der Waals surface area contributed by atoms with Crippen molar-refractivity contribution < 1.29 is 14.3 Å². The summed E-state index contributed by atoms with van der Waals surface area (Å²) in [5.41, 5.74) is 1.92. The van der Waals surface area contributed by atoms with Gasteiger partial charge in [0.15, 0.2) is 0 Å². The molecule has 1 aromatic rings. The normalized spacial score (nSPS) is 12.4. The number of carbonyl (C=O) groups is 1. The highest BCUT2D eigenvalue weighted by atomic mass is 16.5. The van der Waals surface area contributed by atoms with E-state index in [4.69, 9.17) is 9.47 Å². The number of ketones is 1. The van der Waals surface area contributed by atoms with Crippen LogP contribution in [0, 0.1) is 5.41 Å². The molecule has 0 saturated heterocycles. The van der Waals surface area contributed by atoms with Crippen LogP contribution in [0.25, 0.3) is 0 Å². The van der Waals surface area contributed by atoms with Crippen LogP contribution in [0.15, 0.2) is 24.3 Å². The van der Waals surface area contributed by atoms with Gasteiger partial charge in [0, 0.05) is 18.4 Å². The Balaban J connectivity index is 2.31. The molecule has 3 nitrogen and oxygen atoms in total. The zero-order chi connectivity index (χ0) is 17.5. The van der Waals surface area contributed by atoms with Crippen LogP contribution in [0.2, 0.25) is 0 Å². The van der Waals surface area contributed by atoms with E-state index in [1.165, 1.54) is 0 Å². The van der Waals surface area contributed by atoms with Crippen molar-refractivity contribution in [3.63, 3.8) is 0 Å². The summed E-state index contributed by atoms with van der Waals surface area (Å²) in [6.45, 7) is 13.8. The van der Waals surface area contributed by atoms with E-state index in [9.17, 15) is 4.79 Å². The maximum Gasteiger partial charge on any atom is 0.138 e. The van der Waals surface area contributed by atoms with E-state index in [0.717, 1.165) is 17.5 Å². The highest BCUT2D eigenvalue weighted by molar-refractivity contribution is 5.83. The van der Waals surface area contributed by atoms with Crippen LogP contribution >= 0.6 is 0 Å². The quantitative estimate of drug-likeness (QED) is 0.638. The van der Waals surface area contributed by atoms with Crippen molar-refractivity contribution in [2.24, 2.45) is 5.41 Å². The van der Waals surface area contributed by atoms with Gasteiger partial charge in [-0.25, -0.2) is 0 Å². The van der Waals surface area contributed by atoms with E-state index < -0.39 is 0 Å². The van der Waals surface area contributed by atoms with E-state index in [1.54, 1.807) is 0 Å². The Bertz CT molecular complexity index is 492. The maximum atomic E-state index is 11.8. The lowest BCUT2D eigenvalue weighted by Crippen LogP contribution is -2.20. The summed E-state index contributed by atoms with van der Waals surface area (Å²) in [5, 5.41) is 0. The van der Waals surface area contributed by atoms with Crippen LogP contribution in [0.1, 0.15) is 65.5 Å². The first-order valence-electron chi connectivity index (χ1n) is 8.41. The lowest BCUT2D eigenvalue weighted by molar-refractivity contribution is -0.126. The van der Waals surface area contributed by atoms with E-state index in [2.05, 4.69) is 39.0 Å². The van der Waals surface area contributed by atoms with Gasteiger partial charge in [-0.1, -0.05) is 45.0 Å². The molecule has 0 radical (unpaired) electrons. The Morgan fingerprint density at radius 2 is 1.61 bits per heavy atom. The summed E-state index contributed by atoms with van der Waals surface area (Å²) in [7, 11) is 0. The second kappa shape index (κ2) is 8.60. The van der Waals surface area contributed by atoms with Crippen LogP contribution < -0.4 is 0 Å². The van der Waals surface area contributed by atoms with Crippen LogP contribution in [0.3, 0.4) is 0 Å². The Morgan fingerprint density at radius 3 is 2.17 bits per heavy atom. The zero-order valence-corrected chi connectivity index (χ0v) is 15.6. The number of rotatable bonds is 8. The average Bonchev–Trinajstić information content (AvgIpc) is 2.43. The Morgan fingerprint density at radius 1 is 1.00 bits per heavy atom. The fourth-order valence-electron chi connectivity index (χ4n) is 2.01. The number of Topliss-reactive ketones (excluding diaryl/α,β-unsaturated/α-hetero) is 1. The molecule has 0 heterocycles. The number of ether oxygens (including phenoxy) is 2. The summed E-state index contributed by atoms with van der Waals surface area (Å²) in [6, 6.07) is 8.27. The predicted molar refractivity (Wildman–Crippen MR) is 94.3 cm³/mol. The van der Waals surface area contributed by atoms with Gasteiger partial charge in [0.25, 0.3) is 0 Å². The van der Waals surface area contributed by atoms with Gasteiger partial charge in [0.2, 0.25) is 0 Å². The topological polar surface area (TPSA) is 35.5 Å². The van der Waals surface area contributed by atoms with Gasteiger partial charge in [-0.05, 0) is 38.3 Å². The fraction of sp³-hybridized carbons (Fsp3) is 0.650. The van der Waals surface area contributed by atoms with E-state index in [0.29, 0.717) is 32.0 Å². The molecular formula is C20H32O3. The van der Waals surface area contributed by atoms with Gasteiger partial charge in [-0.2, -0.15) is 0 Å². The van der Waals surface area contributed by atoms with Crippen molar-refractivity contribution in [2.45, 2.75) is 73.2 Å². The second-order valence-electron chi connectivity index (χ2n) is 8.05. The van der Waals surface area contributed by atoms with E-state index >= 15 is 0 Å². The molecule has 3 heteroatoms. The number of hydrogen-bond donors (Lipinski definition) is 0. The van der Waals surface area contributed by atoms with Crippen molar-refractivity contribution >= 4 is 5.78 Å². The summed E-state index contributed by atoms with van der Waals surface area (Å²) >= 11 is 0. The second-order valence-corrected chi connectivity index (χ2v) is 8.05. The Hall–Kier alpha value is -1.19. The van der Waals surface area contributed by atoms with Gasteiger partial charge in [-0.3, -0.25) is 4.79 Å². The summed E-state index contributed by atoms with van der Waals surface area (Å²) in [6.07, 6.45) is 1.37. The van der Waals surface area contributed by atoms with Gasteiger partial charge in [0.1, 0.15) is 5.78 Å². The lowest BCUT2D eigenvalue weighted by atomic mass is 9.88. The molecule has 0 atom stereocenters. The predicted octanol–water partition coefficient (Wildman–Crippen LogP) is 4.91. The largest absolute Gasteiger partial charge is 0.377 e. The summed E-state index contributed by atoms with van der Waals surface area (Å²) in [4.78, 5) is 11.8. The molecule has 0 unspecified atom stereocenters. The smallest absolute Gasteiger partial charge is 0.138 e. The molecule has 0 bridgehead atoms. The number of hydrogen-bond acceptors (Lipinski definition) is 3. The molecule has 0 fully saturated rings. The van der Waals surface area contributed by atoms with Crippen LogP contribution in [0.4, 0.5) is 0 Å². The average molecular weight is 320 g/mol. The molecular weight excluding hydrogens is 288 g/mol. The number of benzene rings is 1. The fourth-order valence-corrected chi connectivity index (χ4v) is 2.01. The molecule has 130 valence electrons. The highest BCUT2D eigenvalue weighted by Gasteiger charge is 2.20. The minimum Gasteiger partial charge on any atom is -0.377 e. The third-order valence-electron chi connectivity index (χ3n) is 3.46. The van der Waals surface area contributed by atoms with E-state index in [1.807, 2.05) is 26.8 Å². The van der Waals surface area contributed by atoms with Gasteiger partial charge in [-0.15, -0.1) is 0 Å². The highest BCUT2D eigenvalue weighted by Crippen LogP contribution is 2.18. The molecule has 23 heavy (non-hydrogen) atoms. The lowest BCUT2D eigenvalue weighted by Gasteiger charge is -2.19. The minimum atomic E-state index is -0.249. The first kappa shape index (κ1) is 19.9. The number of carbonyl (C=O) groups excluding carboxylic acids is 1. The first-order chi connectivity index (χ1) is 10.6. The van der Waals surface area contributed by atoms with Crippen molar-refractivity contribution in [3.05, 3.63) is 35.4 Å².